The zero-order valence-corrected chi connectivity index (χ0v) is 24.9. The highest BCUT2D eigenvalue weighted by atomic mass is 19.1. The van der Waals surface area contributed by atoms with Crippen LogP contribution in [0.1, 0.15) is 62.3 Å². The van der Waals surface area contributed by atoms with Crippen LogP contribution in [0.15, 0.2) is 47.6 Å². The molecule has 1 aliphatic carbocycles. The highest BCUT2D eigenvalue weighted by Crippen LogP contribution is 2.37. The average molecular weight is 619 g/mol. The lowest BCUT2D eigenvalue weighted by atomic mass is 10.0. The molecule has 0 saturated carbocycles. The van der Waals surface area contributed by atoms with E-state index in [9.17, 15) is 18.3 Å². The molecule has 3 aromatic carbocycles. The molecule has 0 bridgehead atoms. The Morgan fingerprint density at radius 1 is 1.09 bits per heavy atom. The molecular formula is C31H37F3N4O6. The number of aliphatic hydroxyl groups is 1. The first kappa shape index (κ1) is 34.0. The predicted octanol–water partition coefficient (Wildman–Crippen LogP) is 4.93. The molecule has 0 aromatic heterocycles. The van der Waals surface area contributed by atoms with Crippen molar-refractivity contribution in [3.05, 3.63) is 82.2 Å². The molecule has 2 aliphatic rings. The molecule has 0 amide bonds. The maximum Gasteiger partial charge on any atom is 0.300 e. The van der Waals surface area contributed by atoms with Crippen LogP contribution in [0.3, 0.4) is 0 Å². The standard InChI is InChI=1S/C20H23F3N4O2.C9H10O2.C2H4O2/c1-20(2,28)10-27(25)26-19(24)18-15(22)8-11(9-16(18)23)29-17-7-6-14(21)12-4-3-5-13(12)17;1-6-5-11-9-4-7(10)2-3-8(6)9;1-2(3)4/h6-9,28H,3-5,10,25H2,1-2H3,(H2,24,26);2-4,6,10H,5H2,1H3;1H3,(H,3,4). The number of carboxylic acids is 1. The van der Waals surface area contributed by atoms with Gasteiger partial charge in [0.15, 0.2) is 5.84 Å². The van der Waals surface area contributed by atoms with Crippen LogP contribution in [-0.2, 0) is 17.6 Å². The maximum atomic E-state index is 14.5. The lowest BCUT2D eigenvalue weighted by molar-refractivity contribution is -0.134. The van der Waals surface area contributed by atoms with Gasteiger partial charge in [-0.3, -0.25) is 4.79 Å². The molecule has 10 nitrogen and oxygen atoms in total. The SMILES string of the molecule is CC(=O)O.CC(C)(O)CN(N)/N=C(\N)c1c(F)cc(Oc2ccc(F)c3c2CCC3)cc1F.CC1COc2cc(O)ccc21. The van der Waals surface area contributed by atoms with E-state index in [4.69, 9.17) is 36.1 Å². The molecular weight excluding hydrogens is 581 g/mol. The number of aromatic hydroxyl groups is 1. The van der Waals surface area contributed by atoms with E-state index in [1.54, 1.807) is 12.1 Å². The molecule has 1 atom stereocenters. The van der Waals surface area contributed by atoms with Crippen LogP contribution < -0.4 is 21.1 Å². The zero-order valence-electron chi connectivity index (χ0n) is 24.9. The second-order valence-electron chi connectivity index (χ2n) is 11.1. The summed E-state index contributed by atoms with van der Waals surface area (Å²) >= 11 is 0. The van der Waals surface area contributed by atoms with Crippen molar-refractivity contribution in [3.63, 3.8) is 0 Å². The largest absolute Gasteiger partial charge is 0.508 e. The van der Waals surface area contributed by atoms with Crippen LogP contribution in [0.2, 0.25) is 0 Å². The summed E-state index contributed by atoms with van der Waals surface area (Å²) in [5, 5.41) is 30.8. The number of carboxylic acid groups (broad SMARTS) is 1. The number of halogens is 3. The highest BCUT2D eigenvalue weighted by molar-refractivity contribution is 5.98. The van der Waals surface area contributed by atoms with Crippen molar-refractivity contribution < 1.29 is 42.8 Å². The summed E-state index contributed by atoms with van der Waals surface area (Å²) in [5.41, 5.74) is 6.44. The molecule has 1 heterocycles. The van der Waals surface area contributed by atoms with Gasteiger partial charge in [-0.2, -0.15) is 0 Å². The summed E-state index contributed by atoms with van der Waals surface area (Å²) in [5.74, 6) is 3.85. The summed E-state index contributed by atoms with van der Waals surface area (Å²) in [6.45, 7) is 6.83. The molecule has 1 unspecified atom stereocenters. The average Bonchev–Trinajstić information content (AvgIpc) is 3.52. The number of fused-ring (bicyclic) bond motifs is 2. The van der Waals surface area contributed by atoms with Gasteiger partial charge < -0.3 is 30.5 Å². The number of phenolic OH excluding ortho intramolecular Hbond substituents is 1. The van der Waals surface area contributed by atoms with Gasteiger partial charge in [0.25, 0.3) is 5.97 Å². The van der Waals surface area contributed by atoms with Gasteiger partial charge in [-0.1, -0.05) is 13.0 Å². The van der Waals surface area contributed by atoms with E-state index in [0.29, 0.717) is 35.6 Å². The molecule has 13 heteroatoms. The molecule has 5 rings (SSSR count). The number of ether oxygens (including phenoxy) is 2. The van der Waals surface area contributed by atoms with Gasteiger partial charge in [0.2, 0.25) is 0 Å². The second kappa shape index (κ2) is 14.3. The van der Waals surface area contributed by atoms with Crippen molar-refractivity contribution in [2.24, 2.45) is 16.7 Å². The number of nitrogens with two attached hydrogens (primary N) is 2. The summed E-state index contributed by atoms with van der Waals surface area (Å²) in [6, 6.07) is 9.96. The molecule has 0 saturated heterocycles. The number of hydrazone groups is 1. The van der Waals surface area contributed by atoms with Crippen LogP contribution in [0, 0.1) is 17.5 Å². The number of hydrogen-bond donors (Lipinski definition) is 5. The van der Waals surface area contributed by atoms with Gasteiger partial charge in [-0.15, -0.1) is 5.10 Å². The summed E-state index contributed by atoms with van der Waals surface area (Å²) in [4.78, 5) is 9.00. The molecule has 44 heavy (non-hydrogen) atoms. The van der Waals surface area contributed by atoms with Gasteiger partial charge in [0.1, 0.15) is 40.4 Å². The third kappa shape index (κ3) is 9.25. The van der Waals surface area contributed by atoms with Crippen LogP contribution in [-0.4, -0.2) is 51.0 Å². The number of nitrogens with zero attached hydrogens (tertiary/aromatic N) is 2. The minimum atomic E-state index is -1.18. The molecule has 7 N–H and O–H groups in total. The number of amidine groups is 1. The van der Waals surface area contributed by atoms with E-state index in [2.05, 4.69) is 12.0 Å². The number of hydrazine groups is 1. The van der Waals surface area contributed by atoms with E-state index in [-0.39, 0.29) is 23.9 Å². The Labute approximate surface area is 253 Å². The Morgan fingerprint density at radius 3 is 2.32 bits per heavy atom. The van der Waals surface area contributed by atoms with E-state index in [1.807, 2.05) is 6.07 Å². The fourth-order valence-corrected chi connectivity index (χ4v) is 4.69. The van der Waals surface area contributed by atoms with Crippen LogP contribution in [0.5, 0.6) is 23.0 Å². The van der Waals surface area contributed by atoms with Crippen molar-refractivity contribution in [1.82, 2.24) is 5.12 Å². The van der Waals surface area contributed by atoms with E-state index in [0.717, 1.165) is 43.0 Å². The Bertz CT molecular complexity index is 1500. The topological polar surface area (TPSA) is 164 Å². The van der Waals surface area contributed by atoms with Gasteiger partial charge in [-0.05, 0) is 56.9 Å². The van der Waals surface area contributed by atoms with E-state index >= 15 is 0 Å². The summed E-state index contributed by atoms with van der Waals surface area (Å²) in [6.07, 6.45) is 2.04. The van der Waals surface area contributed by atoms with Gasteiger partial charge in [0.05, 0.1) is 24.3 Å². The Kier molecular flexibility index (Phi) is 11.1. The molecule has 0 fully saturated rings. The minimum absolute atomic E-state index is 0.0849. The van der Waals surface area contributed by atoms with Crippen molar-refractivity contribution in [1.29, 1.82) is 0 Å². The minimum Gasteiger partial charge on any atom is -0.508 e. The Hall–Kier alpha value is -4.49. The Balaban J connectivity index is 0.000000288. The van der Waals surface area contributed by atoms with Crippen LogP contribution in [0.25, 0.3) is 0 Å². The predicted molar refractivity (Wildman–Crippen MR) is 158 cm³/mol. The second-order valence-corrected chi connectivity index (χ2v) is 11.1. The van der Waals surface area contributed by atoms with Gasteiger partial charge >= 0.3 is 0 Å². The maximum absolute atomic E-state index is 14.5. The van der Waals surface area contributed by atoms with E-state index < -0.39 is 34.6 Å². The smallest absolute Gasteiger partial charge is 0.300 e. The fraction of sp³-hybridized carbons (Fsp3) is 0.355. The molecule has 3 aromatic rings. The number of benzene rings is 3. The van der Waals surface area contributed by atoms with Crippen molar-refractivity contribution >= 4 is 11.8 Å². The number of rotatable bonds is 6. The molecule has 0 spiro atoms. The monoisotopic (exact) mass is 618 g/mol. The third-order valence-corrected chi connectivity index (χ3v) is 6.49. The third-order valence-electron chi connectivity index (χ3n) is 6.49. The molecule has 0 radical (unpaired) electrons. The van der Waals surface area contributed by atoms with Gasteiger partial charge in [0, 0.05) is 42.2 Å². The van der Waals surface area contributed by atoms with E-state index in [1.165, 1.54) is 31.5 Å². The lowest BCUT2D eigenvalue weighted by Crippen LogP contribution is -2.41. The van der Waals surface area contributed by atoms with Crippen LogP contribution in [0.4, 0.5) is 13.2 Å². The van der Waals surface area contributed by atoms with Gasteiger partial charge in [-0.25, -0.2) is 24.1 Å². The number of carbonyl (C=O) groups is 1. The fourth-order valence-electron chi connectivity index (χ4n) is 4.69. The van der Waals surface area contributed by atoms with Crippen molar-refractivity contribution in [2.75, 3.05) is 13.2 Å². The summed E-state index contributed by atoms with van der Waals surface area (Å²) in [7, 11) is 0. The van der Waals surface area contributed by atoms with Crippen LogP contribution >= 0.6 is 0 Å². The normalized spacial score (nSPS) is 15.1. The number of hydrogen-bond acceptors (Lipinski definition) is 8. The van der Waals surface area contributed by atoms with Crippen molar-refractivity contribution in [3.8, 4) is 23.0 Å². The first-order valence-corrected chi connectivity index (χ1v) is 13.8. The quantitative estimate of drug-likeness (QED) is 0.112. The lowest BCUT2D eigenvalue weighted by Gasteiger charge is -2.23. The number of aliphatic carboxylic acids is 1. The first-order valence-electron chi connectivity index (χ1n) is 13.8. The highest BCUT2D eigenvalue weighted by Gasteiger charge is 2.23. The molecule has 1 aliphatic heterocycles. The zero-order chi connectivity index (χ0) is 32.8. The summed E-state index contributed by atoms with van der Waals surface area (Å²) < 4.78 is 53.9. The Morgan fingerprint density at radius 2 is 1.70 bits per heavy atom. The van der Waals surface area contributed by atoms with Crippen molar-refractivity contribution in [2.45, 2.75) is 58.5 Å². The number of phenols is 1. The molecule has 238 valence electrons. The first-order chi connectivity index (χ1) is 20.6.